The van der Waals surface area contributed by atoms with Gasteiger partial charge in [0.15, 0.2) is 5.58 Å². The third kappa shape index (κ3) is 3.89. The lowest BCUT2D eigenvalue weighted by molar-refractivity contribution is -0.118. The second-order valence-electron chi connectivity index (χ2n) is 7.49. The summed E-state index contributed by atoms with van der Waals surface area (Å²) in [5.41, 5.74) is 5.63. The average Bonchev–Trinajstić information content (AvgIpc) is 3.15. The molecule has 0 aliphatic heterocycles. The predicted molar refractivity (Wildman–Crippen MR) is 118 cm³/mol. The molecule has 0 fully saturated rings. The van der Waals surface area contributed by atoms with E-state index in [9.17, 15) is 4.79 Å². The number of amides is 1. The van der Waals surface area contributed by atoms with Gasteiger partial charge in [0.05, 0.1) is 11.1 Å². The van der Waals surface area contributed by atoms with Gasteiger partial charge in [0, 0.05) is 12.2 Å². The number of aromatic nitrogens is 3. The zero-order valence-corrected chi connectivity index (χ0v) is 17.4. The van der Waals surface area contributed by atoms with Crippen molar-refractivity contribution >= 4 is 39.9 Å². The van der Waals surface area contributed by atoms with Gasteiger partial charge in [-0.2, -0.15) is 0 Å². The summed E-state index contributed by atoms with van der Waals surface area (Å²) in [6, 6.07) is 12.3. The summed E-state index contributed by atoms with van der Waals surface area (Å²) in [5.74, 6) is 0.259. The van der Waals surface area contributed by atoms with Crippen molar-refractivity contribution in [2.75, 3.05) is 12.3 Å². The summed E-state index contributed by atoms with van der Waals surface area (Å²) in [6.45, 7) is 0.614. The van der Waals surface area contributed by atoms with Crippen LogP contribution in [0.15, 0.2) is 52.2 Å². The Morgan fingerprint density at radius 3 is 2.90 bits per heavy atom. The van der Waals surface area contributed by atoms with Crippen LogP contribution < -0.4 is 5.32 Å². The first kappa shape index (κ1) is 19.1. The first-order chi connectivity index (χ1) is 14.8. The van der Waals surface area contributed by atoms with Crippen LogP contribution in [0.1, 0.15) is 29.7 Å². The second-order valence-corrected chi connectivity index (χ2v) is 8.45. The zero-order chi connectivity index (χ0) is 20.3. The number of nitrogens with one attached hydrogen (secondary N) is 1. The minimum absolute atomic E-state index is 0.0209. The molecule has 3 heterocycles. The van der Waals surface area contributed by atoms with Gasteiger partial charge in [-0.05, 0) is 49.3 Å². The lowest BCUT2D eigenvalue weighted by Crippen LogP contribution is -2.27. The Labute approximate surface area is 178 Å². The van der Waals surface area contributed by atoms with Crippen LogP contribution in [-0.4, -0.2) is 33.2 Å². The van der Waals surface area contributed by atoms with E-state index in [0.29, 0.717) is 22.9 Å². The molecule has 0 radical (unpaired) electrons. The number of hydrogen-bond acceptors (Lipinski definition) is 6. The minimum Gasteiger partial charge on any atom is -0.433 e. The Morgan fingerprint density at radius 2 is 2.00 bits per heavy atom. The van der Waals surface area contributed by atoms with Crippen LogP contribution in [0.2, 0.25) is 0 Å². The number of furan rings is 1. The average molecular weight is 419 g/mol. The summed E-state index contributed by atoms with van der Waals surface area (Å²) in [6.07, 6.45) is 6.78. The Kier molecular flexibility index (Phi) is 5.36. The quantitative estimate of drug-likeness (QED) is 0.375. The normalized spacial score (nSPS) is 13.5. The molecular weight excluding hydrogens is 396 g/mol. The van der Waals surface area contributed by atoms with Crippen LogP contribution in [-0.2, 0) is 24.1 Å². The van der Waals surface area contributed by atoms with Crippen LogP contribution in [0, 0.1) is 0 Å². The summed E-state index contributed by atoms with van der Waals surface area (Å²) >= 11 is 1.37. The highest BCUT2D eigenvalue weighted by molar-refractivity contribution is 8.00. The highest BCUT2D eigenvalue weighted by Crippen LogP contribution is 2.34. The summed E-state index contributed by atoms with van der Waals surface area (Å²) in [4.78, 5) is 25.8. The van der Waals surface area contributed by atoms with E-state index in [1.54, 1.807) is 0 Å². The molecule has 0 saturated carbocycles. The molecule has 1 N–H and O–H groups in total. The molecule has 152 valence electrons. The number of carbonyl (C=O) groups is 1. The van der Waals surface area contributed by atoms with Crippen molar-refractivity contribution < 1.29 is 9.21 Å². The molecule has 0 bridgehead atoms. The van der Waals surface area contributed by atoms with Gasteiger partial charge < -0.3 is 9.73 Å². The molecule has 0 unspecified atom stereocenters. The molecule has 0 spiro atoms. The van der Waals surface area contributed by atoms with Gasteiger partial charge in [-0.25, -0.2) is 15.0 Å². The molecule has 4 aromatic rings. The molecule has 3 aromatic heterocycles. The predicted octanol–water partition coefficient (Wildman–Crippen LogP) is 4.10. The van der Waals surface area contributed by atoms with E-state index >= 15 is 0 Å². The van der Waals surface area contributed by atoms with Crippen LogP contribution in [0.25, 0.3) is 22.2 Å². The number of rotatable bonds is 6. The highest BCUT2D eigenvalue weighted by atomic mass is 32.2. The van der Waals surface area contributed by atoms with Crippen LogP contribution in [0.5, 0.6) is 0 Å². The third-order valence-electron chi connectivity index (χ3n) is 5.41. The molecular formula is C23H22N4O2S. The molecule has 1 aliphatic rings. The van der Waals surface area contributed by atoms with Gasteiger partial charge in [0.1, 0.15) is 16.9 Å². The maximum Gasteiger partial charge on any atom is 0.230 e. The number of hydrogen-bond donors (Lipinski definition) is 1. The largest absolute Gasteiger partial charge is 0.433 e. The van der Waals surface area contributed by atoms with Gasteiger partial charge >= 0.3 is 0 Å². The Balaban J connectivity index is 1.29. The Hall–Kier alpha value is -2.93. The van der Waals surface area contributed by atoms with Crippen molar-refractivity contribution in [1.82, 2.24) is 20.3 Å². The minimum atomic E-state index is -0.0209. The van der Waals surface area contributed by atoms with E-state index in [4.69, 9.17) is 9.40 Å². The molecule has 0 atom stereocenters. The first-order valence-electron chi connectivity index (χ1n) is 10.3. The number of benzene rings is 1. The SMILES string of the molecule is O=C(CSc1ncnc2c1oc1nc3c(cc12)CCCC3)NCCc1ccccc1. The van der Waals surface area contributed by atoms with E-state index < -0.39 is 0 Å². The first-order valence-corrected chi connectivity index (χ1v) is 11.3. The molecule has 5 rings (SSSR count). The van der Waals surface area contributed by atoms with E-state index in [-0.39, 0.29) is 11.7 Å². The number of fused-ring (bicyclic) bond motifs is 4. The number of thioether (sulfide) groups is 1. The maximum atomic E-state index is 12.3. The van der Waals surface area contributed by atoms with Crippen LogP contribution in [0.3, 0.4) is 0 Å². The van der Waals surface area contributed by atoms with E-state index in [2.05, 4.69) is 33.5 Å². The van der Waals surface area contributed by atoms with Crippen molar-refractivity contribution in [3.8, 4) is 0 Å². The van der Waals surface area contributed by atoms with Crippen LogP contribution in [0.4, 0.5) is 0 Å². The third-order valence-corrected chi connectivity index (χ3v) is 6.38. The van der Waals surface area contributed by atoms with Crippen LogP contribution >= 0.6 is 11.8 Å². The fourth-order valence-corrected chi connectivity index (χ4v) is 4.64. The van der Waals surface area contributed by atoms with Gasteiger partial charge in [0.2, 0.25) is 11.6 Å². The van der Waals surface area contributed by atoms with Crippen molar-refractivity contribution in [3.63, 3.8) is 0 Å². The number of nitrogens with zero attached hydrogens (tertiary/aromatic N) is 3. The fourth-order valence-electron chi connectivity index (χ4n) is 3.88. The van der Waals surface area contributed by atoms with Crippen molar-refractivity contribution in [2.24, 2.45) is 0 Å². The zero-order valence-electron chi connectivity index (χ0n) is 16.6. The molecule has 30 heavy (non-hydrogen) atoms. The van der Waals surface area contributed by atoms with Gasteiger partial charge in [-0.15, -0.1) is 0 Å². The lowest BCUT2D eigenvalue weighted by atomic mass is 9.95. The standard InChI is InChI=1S/C23H22N4O2S/c28-19(24-11-10-15-6-2-1-3-7-15)13-30-23-21-20(25-14-26-23)17-12-16-8-4-5-9-18(16)27-22(17)29-21/h1-3,6-7,12,14H,4-5,8-11,13H2,(H,24,28). The lowest BCUT2D eigenvalue weighted by Gasteiger charge is -2.13. The van der Waals surface area contributed by atoms with Crippen molar-refractivity contribution in [3.05, 3.63) is 59.5 Å². The molecule has 1 amide bonds. The summed E-state index contributed by atoms with van der Waals surface area (Å²) < 4.78 is 6.03. The smallest absolute Gasteiger partial charge is 0.230 e. The van der Waals surface area contributed by atoms with Crippen molar-refractivity contribution in [2.45, 2.75) is 37.1 Å². The van der Waals surface area contributed by atoms with E-state index in [0.717, 1.165) is 35.9 Å². The summed E-state index contributed by atoms with van der Waals surface area (Å²) in [5, 5.41) is 4.57. The second kappa shape index (κ2) is 8.44. The number of pyridine rings is 1. The molecule has 0 saturated heterocycles. The topological polar surface area (TPSA) is 80.9 Å². The monoisotopic (exact) mass is 418 g/mol. The Morgan fingerprint density at radius 1 is 1.13 bits per heavy atom. The summed E-state index contributed by atoms with van der Waals surface area (Å²) in [7, 11) is 0. The highest BCUT2D eigenvalue weighted by Gasteiger charge is 2.19. The number of carbonyl (C=O) groups excluding carboxylic acids is 1. The number of aryl methyl sites for hydroxylation is 2. The molecule has 7 heteroatoms. The Bertz CT molecular complexity index is 1210. The van der Waals surface area contributed by atoms with E-state index in [1.807, 2.05) is 18.2 Å². The molecule has 1 aliphatic carbocycles. The van der Waals surface area contributed by atoms with Gasteiger partial charge in [-0.3, -0.25) is 4.79 Å². The van der Waals surface area contributed by atoms with Gasteiger partial charge in [-0.1, -0.05) is 42.1 Å². The fraction of sp³-hybridized carbons (Fsp3) is 0.304. The van der Waals surface area contributed by atoms with E-state index in [1.165, 1.54) is 42.1 Å². The molecule has 1 aromatic carbocycles. The van der Waals surface area contributed by atoms with Crippen molar-refractivity contribution in [1.29, 1.82) is 0 Å². The molecule has 6 nitrogen and oxygen atoms in total. The van der Waals surface area contributed by atoms with Gasteiger partial charge in [0.25, 0.3) is 0 Å². The maximum absolute atomic E-state index is 12.3.